The molecule has 1 rings (SSSR count). The second kappa shape index (κ2) is 5.62. The summed E-state index contributed by atoms with van der Waals surface area (Å²) in [7, 11) is 1.63. The molecule has 0 aliphatic rings. The number of methoxy groups -OCH3 is 1. The third-order valence-corrected chi connectivity index (χ3v) is 1.68. The molecule has 0 amide bonds. The predicted molar refractivity (Wildman–Crippen MR) is 65.3 cm³/mol. The van der Waals surface area contributed by atoms with E-state index in [0.717, 1.165) is 11.3 Å². The molecule has 1 aromatic carbocycles. The van der Waals surface area contributed by atoms with Gasteiger partial charge in [-0.05, 0) is 29.8 Å². The molecule has 5 heteroatoms. The Labute approximate surface area is 93.6 Å². The van der Waals surface area contributed by atoms with Gasteiger partial charge < -0.3 is 4.74 Å². The van der Waals surface area contributed by atoms with Gasteiger partial charge in [0.25, 0.3) is 0 Å². The molecule has 1 N–H and O–H groups in total. The summed E-state index contributed by atoms with van der Waals surface area (Å²) in [5, 5.41) is 3.86. The monoisotopic (exact) mass is 226 g/mol. The Balaban J connectivity index is 2.59. The number of ether oxygens (including phenoxy) is 1. The Morgan fingerprint density at radius 3 is 2.64 bits per heavy atom. The lowest BCUT2D eigenvalue weighted by molar-refractivity contribution is 0.415. The van der Waals surface area contributed by atoms with Crippen molar-refractivity contribution < 1.29 is 4.74 Å². The summed E-state index contributed by atoms with van der Waals surface area (Å²) in [6, 6.07) is 7.51. The minimum absolute atomic E-state index is 0.342. The van der Waals surface area contributed by atoms with Crippen molar-refractivity contribution in [1.29, 1.82) is 0 Å². The summed E-state index contributed by atoms with van der Waals surface area (Å²) in [6.45, 7) is 0. The molecular formula is C9H10N2OS2. The van der Waals surface area contributed by atoms with Crippen LogP contribution >= 0.6 is 24.8 Å². The first kappa shape index (κ1) is 11.0. The first-order valence-electron chi connectivity index (χ1n) is 3.88. The highest BCUT2D eigenvalue weighted by molar-refractivity contribution is 8.11. The standard InChI is InChI=1S/C9H10N2OS2/c1-12-8-4-2-7(3-5-8)6-10-11-9(13)14/h2-6H,1H3,(H2,11,13,14). The topological polar surface area (TPSA) is 33.6 Å². The van der Waals surface area contributed by atoms with Gasteiger partial charge in [0.1, 0.15) is 5.75 Å². The van der Waals surface area contributed by atoms with Crippen LogP contribution in [0.25, 0.3) is 0 Å². The average Bonchev–Trinajstić information content (AvgIpc) is 2.18. The van der Waals surface area contributed by atoms with E-state index >= 15 is 0 Å². The third-order valence-electron chi connectivity index (χ3n) is 1.49. The van der Waals surface area contributed by atoms with E-state index in [0.29, 0.717) is 4.32 Å². The fraction of sp³-hybridized carbons (Fsp3) is 0.111. The predicted octanol–water partition coefficient (Wildman–Crippen LogP) is 1.83. The molecule has 0 aliphatic carbocycles. The van der Waals surface area contributed by atoms with Crippen LogP contribution in [0.3, 0.4) is 0 Å². The minimum atomic E-state index is 0.342. The van der Waals surface area contributed by atoms with Crippen molar-refractivity contribution >= 4 is 35.4 Å². The van der Waals surface area contributed by atoms with Crippen molar-refractivity contribution in [3.8, 4) is 5.75 Å². The molecule has 0 unspecified atom stereocenters. The molecule has 0 aliphatic heterocycles. The molecule has 0 fully saturated rings. The van der Waals surface area contributed by atoms with Crippen LogP contribution in [0, 0.1) is 0 Å². The van der Waals surface area contributed by atoms with Crippen molar-refractivity contribution in [2.24, 2.45) is 5.10 Å². The lowest BCUT2D eigenvalue weighted by Gasteiger charge is -1.98. The van der Waals surface area contributed by atoms with E-state index in [2.05, 4.69) is 35.4 Å². The largest absolute Gasteiger partial charge is 0.497 e. The first-order chi connectivity index (χ1) is 6.72. The van der Waals surface area contributed by atoms with Crippen molar-refractivity contribution in [3.63, 3.8) is 0 Å². The first-order valence-corrected chi connectivity index (χ1v) is 4.74. The maximum Gasteiger partial charge on any atom is 0.150 e. The van der Waals surface area contributed by atoms with Crippen LogP contribution in [-0.4, -0.2) is 17.6 Å². The summed E-state index contributed by atoms with van der Waals surface area (Å²) in [4.78, 5) is 0. The quantitative estimate of drug-likeness (QED) is 0.357. The number of thiocarbonyl (C=S) groups is 1. The highest BCUT2D eigenvalue weighted by Crippen LogP contribution is 2.09. The SMILES string of the molecule is COc1ccc(C=NNC(=S)S)cc1. The minimum Gasteiger partial charge on any atom is -0.497 e. The summed E-state index contributed by atoms with van der Waals surface area (Å²) in [6.07, 6.45) is 1.65. The van der Waals surface area contributed by atoms with Crippen molar-refractivity contribution in [2.45, 2.75) is 0 Å². The van der Waals surface area contributed by atoms with Gasteiger partial charge in [0, 0.05) is 0 Å². The molecule has 0 radical (unpaired) electrons. The Morgan fingerprint density at radius 1 is 1.50 bits per heavy atom. The van der Waals surface area contributed by atoms with Crippen LogP contribution in [-0.2, 0) is 0 Å². The molecule has 3 nitrogen and oxygen atoms in total. The van der Waals surface area contributed by atoms with E-state index in [4.69, 9.17) is 4.74 Å². The Bertz CT molecular complexity index is 335. The lowest BCUT2D eigenvalue weighted by Crippen LogP contribution is -2.07. The second-order valence-electron chi connectivity index (χ2n) is 2.45. The number of nitrogens with zero attached hydrogens (tertiary/aromatic N) is 1. The van der Waals surface area contributed by atoms with Gasteiger partial charge in [0.15, 0.2) is 4.32 Å². The Hall–Kier alpha value is -1.07. The summed E-state index contributed by atoms with van der Waals surface area (Å²) >= 11 is 8.53. The molecular weight excluding hydrogens is 216 g/mol. The van der Waals surface area contributed by atoms with E-state index in [1.807, 2.05) is 24.3 Å². The van der Waals surface area contributed by atoms with E-state index < -0.39 is 0 Å². The maximum atomic E-state index is 5.02. The third kappa shape index (κ3) is 3.76. The molecule has 74 valence electrons. The zero-order valence-corrected chi connectivity index (χ0v) is 9.31. The van der Waals surface area contributed by atoms with Gasteiger partial charge in [0.2, 0.25) is 0 Å². The van der Waals surface area contributed by atoms with Crippen LogP contribution < -0.4 is 10.2 Å². The normalized spacial score (nSPS) is 10.1. The Morgan fingerprint density at radius 2 is 2.14 bits per heavy atom. The number of hydrogen-bond acceptors (Lipinski definition) is 3. The number of thiol groups is 1. The smallest absolute Gasteiger partial charge is 0.150 e. The van der Waals surface area contributed by atoms with Crippen molar-refractivity contribution in [2.75, 3.05) is 7.11 Å². The molecule has 14 heavy (non-hydrogen) atoms. The van der Waals surface area contributed by atoms with Crippen molar-refractivity contribution in [3.05, 3.63) is 29.8 Å². The van der Waals surface area contributed by atoms with Gasteiger partial charge in [-0.3, -0.25) is 5.43 Å². The second-order valence-corrected chi connectivity index (χ2v) is 3.61. The molecule has 0 heterocycles. The molecule has 1 aromatic rings. The van der Waals surface area contributed by atoms with Crippen LogP contribution in [0.1, 0.15) is 5.56 Å². The molecule has 0 saturated heterocycles. The van der Waals surface area contributed by atoms with E-state index in [-0.39, 0.29) is 0 Å². The number of benzene rings is 1. The molecule has 0 aromatic heterocycles. The summed E-state index contributed by atoms with van der Waals surface area (Å²) in [5.74, 6) is 0.819. The van der Waals surface area contributed by atoms with Gasteiger partial charge in [-0.1, -0.05) is 12.2 Å². The summed E-state index contributed by atoms with van der Waals surface area (Å²) in [5.41, 5.74) is 3.52. The van der Waals surface area contributed by atoms with E-state index in [1.54, 1.807) is 13.3 Å². The zero-order valence-electron chi connectivity index (χ0n) is 7.60. The highest BCUT2D eigenvalue weighted by Gasteiger charge is 1.90. The molecule has 0 saturated carbocycles. The average molecular weight is 226 g/mol. The van der Waals surface area contributed by atoms with Gasteiger partial charge in [-0.25, -0.2) is 0 Å². The zero-order chi connectivity index (χ0) is 10.4. The van der Waals surface area contributed by atoms with Crippen LogP contribution in [0.5, 0.6) is 5.75 Å². The van der Waals surface area contributed by atoms with Crippen LogP contribution in [0.4, 0.5) is 0 Å². The maximum absolute atomic E-state index is 5.02. The van der Waals surface area contributed by atoms with Crippen molar-refractivity contribution in [1.82, 2.24) is 5.43 Å². The van der Waals surface area contributed by atoms with E-state index in [9.17, 15) is 0 Å². The van der Waals surface area contributed by atoms with Crippen LogP contribution in [0.15, 0.2) is 29.4 Å². The number of hydrogen-bond donors (Lipinski definition) is 2. The molecule has 0 spiro atoms. The number of nitrogens with one attached hydrogen (secondary N) is 1. The summed E-state index contributed by atoms with van der Waals surface area (Å²) < 4.78 is 5.36. The van der Waals surface area contributed by atoms with Gasteiger partial charge in [0.05, 0.1) is 13.3 Å². The lowest BCUT2D eigenvalue weighted by atomic mass is 10.2. The van der Waals surface area contributed by atoms with Gasteiger partial charge >= 0.3 is 0 Å². The Kier molecular flexibility index (Phi) is 4.42. The number of hydrazone groups is 1. The van der Waals surface area contributed by atoms with E-state index in [1.165, 1.54) is 0 Å². The highest BCUT2D eigenvalue weighted by atomic mass is 32.1. The van der Waals surface area contributed by atoms with Gasteiger partial charge in [-0.2, -0.15) is 5.10 Å². The molecule has 0 atom stereocenters. The fourth-order valence-corrected chi connectivity index (χ4v) is 0.962. The number of rotatable bonds is 3. The van der Waals surface area contributed by atoms with Gasteiger partial charge in [-0.15, -0.1) is 12.6 Å². The van der Waals surface area contributed by atoms with Crippen LogP contribution in [0.2, 0.25) is 0 Å². The molecule has 0 bridgehead atoms. The fourth-order valence-electron chi connectivity index (χ4n) is 0.852.